The zero-order chi connectivity index (χ0) is 17.3. The van der Waals surface area contributed by atoms with Gasteiger partial charge >= 0.3 is 0 Å². The van der Waals surface area contributed by atoms with Crippen molar-refractivity contribution in [3.05, 3.63) is 30.0 Å². The van der Waals surface area contributed by atoms with Crippen molar-refractivity contribution in [2.75, 3.05) is 13.1 Å². The number of rotatable bonds is 2. The van der Waals surface area contributed by atoms with E-state index in [2.05, 4.69) is 15.0 Å². The average molecular weight is 327 g/mol. The lowest BCUT2D eigenvalue weighted by molar-refractivity contribution is -0.140. The lowest BCUT2D eigenvalue weighted by Crippen LogP contribution is -2.43. The van der Waals surface area contributed by atoms with Gasteiger partial charge in [0, 0.05) is 42.5 Å². The number of amides is 1. The van der Waals surface area contributed by atoms with Gasteiger partial charge in [0.25, 0.3) is 0 Å². The van der Waals surface area contributed by atoms with E-state index in [0.717, 1.165) is 48.8 Å². The highest BCUT2D eigenvalue weighted by atomic mass is 16.2. The first-order valence-electron chi connectivity index (χ1n) is 8.48. The molecule has 0 saturated carbocycles. The van der Waals surface area contributed by atoms with Gasteiger partial charge in [0.1, 0.15) is 5.69 Å². The number of hydrogen-bond donors (Lipinski definition) is 1. The summed E-state index contributed by atoms with van der Waals surface area (Å²) in [5.41, 5.74) is 2.45. The topological polar surface area (TPSA) is 74.8 Å². The second kappa shape index (κ2) is 6.34. The molecule has 3 rings (SSSR count). The molecular formula is C18H25N5O. The molecule has 0 spiro atoms. The quantitative estimate of drug-likeness (QED) is 0.920. The predicted octanol–water partition coefficient (Wildman–Crippen LogP) is 2.93. The van der Waals surface area contributed by atoms with Crippen molar-refractivity contribution in [3.63, 3.8) is 0 Å². The smallest absolute Gasteiger partial charge is 0.227 e. The van der Waals surface area contributed by atoms with Crippen molar-refractivity contribution in [1.29, 1.82) is 0 Å². The number of carbonyl (C=O) groups excluding carboxylic acids is 1. The Morgan fingerprint density at radius 1 is 1.21 bits per heavy atom. The first-order chi connectivity index (χ1) is 11.3. The summed E-state index contributed by atoms with van der Waals surface area (Å²) in [7, 11) is 0. The van der Waals surface area contributed by atoms with Gasteiger partial charge in [0.05, 0.1) is 11.9 Å². The number of piperidine rings is 1. The first kappa shape index (κ1) is 16.6. The minimum atomic E-state index is -0.316. The van der Waals surface area contributed by atoms with Gasteiger partial charge < -0.3 is 9.88 Å². The normalized spacial score (nSPS) is 16.4. The number of imidazole rings is 1. The van der Waals surface area contributed by atoms with Crippen LogP contribution in [-0.4, -0.2) is 43.8 Å². The largest absolute Gasteiger partial charge is 0.342 e. The molecule has 24 heavy (non-hydrogen) atoms. The van der Waals surface area contributed by atoms with E-state index < -0.39 is 0 Å². The molecule has 0 bridgehead atoms. The van der Waals surface area contributed by atoms with E-state index in [9.17, 15) is 4.79 Å². The Hall–Kier alpha value is -2.24. The number of nitrogens with zero attached hydrogens (tertiary/aromatic N) is 4. The SMILES string of the molecule is Cc1cnc(-c2cncc(C3CCN(C(=O)C(C)(C)C)CC3)n2)[nH]1. The number of H-pyrrole nitrogens is 1. The van der Waals surface area contributed by atoms with Crippen molar-refractivity contribution in [2.24, 2.45) is 5.41 Å². The van der Waals surface area contributed by atoms with Crippen LogP contribution in [0.1, 0.15) is 50.9 Å². The second-order valence-corrected chi connectivity index (χ2v) is 7.56. The highest BCUT2D eigenvalue weighted by Gasteiger charge is 2.31. The maximum Gasteiger partial charge on any atom is 0.227 e. The summed E-state index contributed by atoms with van der Waals surface area (Å²) >= 11 is 0. The highest BCUT2D eigenvalue weighted by Crippen LogP contribution is 2.29. The number of aromatic nitrogens is 4. The van der Waals surface area contributed by atoms with Crippen molar-refractivity contribution in [3.8, 4) is 11.5 Å². The Balaban J connectivity index is 1.70. The Labute approximate surface area is 142 Å². The molecule has 0 aliphatic carbocycles. The van der Waals surface area contributed by atoms with Crippen molar-refractivity contribution in [1.82, 2.24) is 24.8 Å². The summed E-state index contributed by atoms with van der Waals surface area (Å²) in [4.78, 5) is 31.0. The molecule has 1 amide bonds. The molecule has 6 heteroatoms. The molecule has 2 aromatic rings. The highest BCUT2D eigenvalue weighted by molar-refractivity contribution is 5.81. The zero-order valence-electron chi connectivity index (χ0n) is 14.8. The maximum atomic E-state index is 12.4. The van der Waals surface area contributed by atoms with Gasteiger partial charge in [0.15, 0.2) is 5.82 Å². The van der Waals surface area contributed by atoms with Gasteiger partial charge in [-0.3, -0.25) is 9.78 Å². The van der Waals surface area contributed by atoms with E-state index in [0.29, 0.717) is 5.92 Å². The molecule has 2 aromatic heterocycles. The molecule has 6 nitrogen and oxygen atoms in total. The van der Waals surface area contributed by atoms with E-state index in [1.54, 1.807) is 12.4 Å². The standard InChI is InChI=1S/C18H25N5O/c1-12-9-20-16(21-12)15-11-19-10-14(22-15)13-5-7-23(8-6-13)17(24)18(2,3)4/h9-11,13H,5-8H2,1-4H3,(H,20,21). The number of nitrogens with one attached hydrogen (secondary N) is 1. The van der Waals surface area contributed by atoms with Crippen LogP contribution in [-0.2, 0) is 4.79 Å². The van der Waals surface area contributed by atoms with Crippen molar-refractivity contribution < 1.29 is 4.79 Å². The van der Waals surface area contributed by atoms with Gasteiger partial charge in [-0.05, 0) is 19.8 Å². The third-order valence-corrected chi connectivity index (χ3v) is 4.44. The fourth-order valence-corrected chi connectivity index (χ4v) is 3.09. The van der Waals surface area contributed by atoms with Crippen LogP contribution >= 0.6 is 0 Å². The van der Waals surface area contributed by atoms with Gasteiger partial charge in [-0.25, -0.2) is 9.97 Å². The van der Waals surface area contributed by atoms with E-state index in [1.165, 1.54) is 0 Å². The fourth-order valence-electron chi connectivity index (χ4n) is 3.09. The molecule has 128 valence electrons. The first-order valence-corrected chi connectivity index (χ1v) is 8.48. The molecular weight excluding hydrogens is 302 g/mol. The Kier molecular flexibility index (Phi) is 4.39. The Bertz CT molecular complexity index is 723. The number of hydrogen-bond acceptors (Lipinski definition) is 4. The van der Waals surface area contributed by atoms with Crippen LogP contribution in [0.15, 0.2) is 18.6 Å². The van der Waals surface area contributed by atoms with E-state index in [-0.39, 0.29) is 11.3 Å². The number of likely N-dealkylation sites (tertiary alicyclic amines) is 1. The Morgan fingerprint density at radius 3 is 2.50 bits per heavy atom. The predicted molar refractivity (Wildman–Crippen MR) is 92.4 cm³/mol. The van der Waals surface area contributed by atoms with Crippen LogP contribution in [0, 0.1) is 12.3 Å². The number of aromatic amines is 1. The van der Waals surface area contributed by atoms with E-state index in [1.807, 2.05) is 38.8 Å². The maximum absolute atomic E-state index is 12.4. The summed E-state index contributed by atoms with van der Waals surface area (Å²) in [6, 6.07) is 0. The molecule has 1 N–H and O–H groups in total. The van der Waals surface area contributed by atoms with Crippen molar-refractivity contribution >= 4 is 5.91 Å². The summed E-state index contributed by atoms with van der Waals surface area (Å²) in [6.07, 6.45) is 7.22. The van der Waals surface area contributed by atoms with E-state index in [4.69, 9.17) is 4.98 Å². The van der Waals surface area contributed by atoms with Crippen LogP contribution in [0.25, 0.3) is 11.5 Å². The fraction of sp³-hybridized carbons (Fsp3) is 0.556. The molecule has 1 fully saturated rings. The Morgan fingerprint density at radius 2 is 1.92 bits per heavy atom. The molecule has 0 atom stereocenters. The van der Waals surface area contributed by atoms with Crippen LogP contribution in [0.3, 0.4) is 0 Å². The molecule has 1 aliphatic rings. The monoisotopic (exact) mass is 327 g/mol. The minimum absolute atomic E-state index is 0.229. The van der Waals surface area contributed by atoms with Crippen molar-refractivity contribution in [2.45, 2.75) is 46.5 Å². The van der Waals surface area contributed by atoms with Gasteiger partial charge in [-0.1, -0.05) is 20.8 Å². The average Bonchev–Trinajstić information content (AvgIpc) is 3.00. The number of carbonyl (C=O) groups is 1. The van der Waals surface area contributed by atoms with E-state index >= 15 is 0 Å². The third kappa shape index (κ3) is 3.47. The van der Waals surface area contributed by atoms with Crippen LogP contribution in [0.5, 0.6) is 0 Å². The summed E-state index contributed by atoms with van der Waals surface area (Å²) in [6.45, 7) is 9.46. The lowest BCUT2D eigenvalue weighted by Gasteiger charge is -2.35. The molecule has 1 saturated heterocycles. The van der Waals surface area contributed by atoms with Gasteiger partial charge in [0.2, 0.25) is 5.91 Å². The zero-order valence-corrected chi connectivity index (χ0v) is 14.8. The third-order valence-electron chi connectivity index (χ3n) is 4.44. The summed E-state index contributed by atoms with van der Waals surface area (Å²) in [5.74, 6) is 1.33. The lowest BCUT2D eigenvalue weighted by atomic mass is 9.90. The summed E-state index contributed by atoms with van der Waals surface area (Å²) < 4.78 is 0. The molecule has 1 aliphatic heterocycles. The molecule has 0 aromatic carbocycles. The number of aryl methyl sites for hydroxylation is 1. The molecule has 0 unspecified atom stereocenters. The molecule has 3 heterocycles. The van der Waals surface area contributed by atoms with Gasteiger partial charge in [-0.2, -0.15) is 0 Å². The molecule has 0 radical (unpaired) electrons. The van der Waals surface area contributed by atoms with Crippen LogP contribution in [0.2, 0.25) is 0 Å². The summed E-state index contributed by atoms with van der Waals surface area (Å²) in [5, 5.41) is 0. The minimum Gasteiger partial charge on any atom is -0.342 e. The van der Waals surface area contributed by atoms with Crippen LogP contribution < -0.4 is 0 Å². The van der Waals surface area contributed by atoms with Gasteiger partial charge in [-0.15, -0.1) is 0 Å². The van der Waals surface area contributed by atoms with Crippen LogP contribution in [0.4, 0.5) is 0 Å². The second-order valence-electron chi connectivity index (χ2n) is 7.56.